The first-order valence-electron chi connectivity index (χ1n) is 20.1. The van der Waals surface area contributed by atoms with Crippen molar-refractivity contribution in [3.63, 3.8) is 0 Å². The van der Waals surface area contributed by atoms with E-state index in [4.69, 9.17) is 23.7 Å². The maximum Gasteiger partial charge on any atom is 0.316 e. The van der Waals surface area contributed by atoms with Crippen molar-refractivity contribution in [3.8, 4) is 11.3 Å². The Balaban J connectivity index is 1.55. The molecule has 13 atom stereocenters. The van der Waals surface area contributed by atoms with Gasteiger partial charge in [-0.1, -0.05) is 46.4 Å². The van der Waals surface area contributed by atoms with Crippen LogP contribution in [-0.2, 0) is 38.1 Å². The van der Waals surface area contributed by atoms with E-state index in [9.17, 15) is 19.5 Å². The molecule has 2 N–H and O–H groups in total. The zero-order valence-electron chi connectivity index (χ0n) is 34.8. The number of ketones is 2. The van der Waals surface area contributed by atoms with Gasteiger partial charge in [0.05, 0.1) is 31.0 Å². The smallest absolute Gasteiger partial charge is 0.316 e. The average Bonchev–Trinajstić information content (AvgIpc) is 3.82. The third-order valence-electron chi connectivity index (χ3n) is 12.4. The van der Waals surface area contributed by atoms with E-state index in [0.29, 0.717) is 12.8 Å². The number of aliphatic hydroxyl groups excluding tert-OH is 1. The number of hydrogen-bond acceptors (Lipinski definition) is 11. The molecule has 2 aromatic rings. The lowest BCUT2D eigenvalue weighted by atomic mass is 9.69. The molecule has 3 aliphatic heterocycles. The van der Waals surface area contributed by atoms with Crippen molar-refractivity contribution in [1.29, 1.82) is 0 Å². The number of nitrogens with zero attached hydrogens (tertiary/aromatic N) is 2. The number of aromatic amines is 1. The molecule has 0 amide bonds. The molecule has 3 aliphatic rings. The summed E-state index contributed by atoms with van der Waals surface area (Å²) in [5.74, 6) is -4.80. The molecule has 3 fully saturated rings. The van der Waals surface area contributed by atoms with Crippen LogP contribution in [0.5, 0.6) is 0 Å². The number of pyridine rings is 1. The summed E-state index contributed by atoms with van der Waals surface area (Å²) in [6.45, 7) is 19.1. The highest BCUT2D eigenvalue weighted by Gasteiger charge is 2.55. The minimum Gasteiger partial charge on any atom is -0.459 e. The highest BCUT2D eigenvalue weighted by molar-refractivity contribution is 6.00. The molecule has 12 heteroatoms. The number of Topliss-reactive ketones (excluding diaryl/α,β-unsaturated/α-hetero) is 2. The van der Waals surface area contributed by atoms with Crippen LogP contribution in [0.25, 0.3) is 17.3 Å². The largest absolute Gasteiger partial charge is 0.459 e. The molecule has 2 unspecified atom stereocenters. The van der Waals surface area contributed by atoms with Crippen molar-refractivity contribution < 1.29 is 43.2 Å². The van der Waals surface area contributed by atoms with Crippen molar-refractivity contribution in [3.05, 3.63) is 60.6 Å². The number of hydrogen-bond donors (Lipinski definition) is 2. The summed E-state index contributed by atoms with van der Waals surface area (Å²) in [6.07, 6.45) is 6.09. The Labute approximate surface area is 332 Å². The number of likely N-dealkylation sites (N-methyl/N-ethyl adjacent to an activating group) is 1. The zero-order valence-corrected chi connectivity index (χ0v) is 34.8. The molecule has 12 nitrogen and oxygen atoms in total. The van der Waals surface area contributed by atoms with Gasteiger partial charge in [-0.25, -0.2) is 0 Å². The van der Waals surface area contributed by atoms with Gasteiger partial charge in [0.2, 0.25) is 0 Å². The van der Waals surface area contributed by atoms with Crippen molar-refractivity contribution in [1.82, 2.24) is 14.9 Å². The van der Waals surface area contributed by atoms with Gasteiger partial charge in [-0.15, -0.1) is 0 Å². The van der Waals surface area contributed by atoms with E-state index in [-0.39, 0.29) is 37.6 Å². The lowest BCUT2D eigenvalue weighted by Crippen LogP contribution is -2.59. The molecular weight excluding hydrogens is 714 g/mol. The van der Waals surface area contributed by atoms with Gasteiger partial charge in [-0.3, -0.25) is 19.4 Å². The van der Waals surface area contributed by atoms with Gasteiger partial charge in [-0.2, -0.15) is 0 Å². The first-order valence-corrected chi connectivity index (χ1v) is 20.1. The molecule has 56 heavy (non-hydrogen) atoms. The van der Waals surface area contributed by atoms with E-state index in [1.54, 1.807) is 26.2 Å². The Bertz CT molecular complexity index is 1730. The molecule has 3 saturated heterocycles. The van der Waals surface area contributed by atoms with E-state index in [2.05, 4.69) is 16.5 Å². The van der Waals surface area contributed by atoms with Crippen LogP contribution < -0.4 is 0 Å². The number of cyclic esters (lactones) is 1. The second kappa shape index (κ2) is 18.0. The standard InChI is InChI=1S/C44H63N3O9/c1-12-35-44(9)36(26(3)24-53-44)28(5)37(48)25(2)21-43(8,52-18-14-15-31-20-32(23-45-22-31)33-16-13-17-46-33)40(29(6)38(49)30(7)41(51)55-35)56-42-39(50)34(47(10)11)19-27(4)54-42/h13-17,20,22-23,25,27-30,34-36,39-40,42,46,50H,3,12,18-19,21,24H2,1-2,4-11H3/b15-14-/t25-,27-,28?,29+,30?,34+,35-,36+,39-,40-,42+,43-,44-/m1/s1. The molecule has 5 rings (SSSR count). The molecule has 0 spiro atoms. The van der Waals surface area contributed by atoms with Gasteiger partial charge in [0, 0.05) is 59.6 Å². The number of aliphatic hydroxyl groups is 1. The van der Waals surface area contributed by atoms with Crippen LogP contribution in [0.3, 0.4) is 0 Å². The Hall–Kier alpha value is -3.52. The Morgan fingerprint density at radius 2 is 1.82 bits per heavy atom. The molecule has 0 bridgehead atoms. The molecule has 0 aliphatic carbocycles. The SMILES string of the molecule is C=C1CO[C@]2(C)[C@@H](CC)OC(=O)C(C)C(=O)[C@H](C)[C@@H](O[C@@H]3O[C@H](C)C[C@H](N(C)C)[C@H]3O)[C@](C)(OC/C=C\c3cncc(-c4ccc[nH]4)c3)C[C@@H](C)C(=O)C(C)[C@H]12. The summed E-state index contributed by atoms with van der Waals surface area (Å²) in [5, 5.41) is 11.6. The second-order valence-electron chi connectivity index (χ2n) is 16.9. The molecule has 308 valence electrons. The number of fused-ring (bicyclic) bond motifs is 1. The summed E-state index contributed by atoms with van der Waals surface area (Å²) >= 11 is 0. The Morgan fingerprint density at radius 3 is 2.48 bits per heavy atom. The van der Waals surface area contributed by atoms with Gasteiger partial charge in [0.1, 0.15) is 29.5 Å². The van der Waals surface area contributed by atoms with Crippen molar-refractivity contribution in [2.24, 2.45) is 29.6 Å². The van der Waals surface area contributed by atoms with Crippen LogP contribution in [-0.4, -0.2) is 113 Å². The Kier molecular flexibility index (Phi) is 14.0. The first-order chi connectivity index (χ1) is 26.4. The minimum absolute atomic E-state index is 0.0370. The second-order valence-corrected chi connectivity index (χ2v) is 16.9. The first kappa shape index (κ1) is 43.6. The normalized spacial score (nSPS) is 37.8. The molecule has 0 aromatic carbocycles. The Morgan fingerprint density at radius 1 is 1.09 bits per heavy atom. The van der Waals surface area contributed by atoms with Gasteiger partial charge in [0.15, 0.2) is 12.1 Å². The van der Waals surface area contributed by atoms with Gasteiger partial charge in [-0.05, 0) is 90.4 Å². The van der Waals surface area contributed by atoms with Crippen LogP contribution in [0.1, 0.15) is 80.2 Å². The average molecular weight is 778 g/mol. The number of ether oxygens (including phenoxy) is 5. The van der Waals surface area contributed by atoms with E-state index < -0.39 is 77.1 Å². The number of rotatable bonds is 9. The topological polar surface area (TPSA) is 150 Å². The van der Waals surface area contributed by atoms with E-state index >= 15 is 0 Å². The lowest BCUT2D eigenvalue weighted by molar-refractivity contribution is -0.296. The quantitative estimate of drug-likeness (QED) is 0.174. The monoisotopic (exact) mass is 777 g/mol. The van der Waals surface area contributed by atoms with E-state index in [1.165, 1.54) is 0 Å². The number of nitrogens with one attached hydrogen (secondary N) is 1. The van der Waals surface area contributed by atoms with Gasteiger partial charge < -0.3 is 38.7 Å². The maximum absolute atomic E-state index is 14.6. The number of H-pyrrole nitrogens is 1. The summed E-state index contributed by atoms with van der Waals surface area (Å²) in [7, 11) is 3.78. The third kappa shape index (κ3) is 9.11. The zero-order chi connectivity index (χ0) is 41.1. The highest BCUT2D eigenvalue weighted by Crippen LogP contribution is 2.46. The maximum atomic E-state index is 14.6. The predicted octanol–water partition coefficient (Wildman–Crippen LogP) is 6.05. The van der Waals surface area contributed by atoms with Crippen LogP contribution >= 0.6 is 0 Å². The molecule has 5 heterocycles. The predicted molar refractivity (Wildman–Crippen MR) is 213 cm³/mol. The lowest BCUT2D eigenvalue weighted by Gasteiger charge is -2.47. The molecular formula is C44H63N3O9. The van der Waals surface area contributed by atoms with Gasteiger partial charge in [0.25, 0.3) is 0 Å². The summed E-state index contributed by atoms with van der Waals surface area (Å²) < 4.78 is 32.2. The molecule has 2 aromatic heterocycles. The highest BCUT2D eigenvalue weighted by atomic mass is 16.7. The summed E-state index contributed by atoms with van der Waals surface area (Å²) in [4.78, 5) is 52.5. The number of carbonyl (C=O) groups is 3. The molecule has 0 saturated carbocycles. The fraction of sp³-hybridized carbons (Fsp3) is 0.636. The number of aromatic nitrogens is 2. The number of esters is 1. The van der Waals surface area contributed by atoms with E-state index in [0.717, 1.165) is 22.4 Å². The van der Waals surface area contributed by atoms with Crippen molar-refractivity contribution in [2.75, 3.05) is 27.3 Å². The van der Waals surface area contributed by atoms with Crippen LogP contribution in [0.4, 0.5) is 0 Å². The van der Waals surface area contributed by atoms with Crippen LogP contribution in [0.2, 0.25) is 0 Å². The minimum atomic E-state index is -1.30. The van der Waals surface area contributed by atoms with E-state index in [1.807, 2.05) is 97.1 Å². The molecule has 0 radical (unpaired) electrons. The van der Waals surface area contributed by atoms with Crippen molar-refractivity contribution >= 4 is 23.6 Å². The van der Waals surface area contributed by atoms with Crippen LogP contribution in [0.15, 0.2) is 55.0 Å². The van der Waals surface area contributed by atoms with Crippen LogP contribution in [0, 0.1) is 29.6 Å². The summed E-state index contributed by atoms with van der Waals surface area (Å²) in [6, 6.07) is 5.63. The fourth-order valence-electron chi connectivity index (χ4n) is 9.28. The van der Waals surface area contributed by atoms with Crippen molar-refractivity contribution in [2.45, 2.75) is 123 Å². The summed E-state index contributed by atoms with van der Waals surface area (Å²) in [5.41, 5.74) is 1.16. The fourth-order valence-corrected chi connectivity index (χ4v) is 9.28. The third-order valence-corrected chi connectivity index (χ3v) is 12.4. The van der Waals surface area contributed by atoms with Gasteiger partial charge >= 0.3 is 5.97 Å². The number of carbonyl (C=O) groups excluding carboxylic acids is 3.